The molecule has 0 aromatic rings. The van der Waals surface area contributed by atoms with Crippen LogP contribution in [-0.4, -0.2) is 62.7 Å². The highest BCUT2D eigenvalue weighted by Crippen LogP contribution is 2.15. The SMILES string of the molecule is CCN1CCC[C@H]1CNC(=O)C(=O)NCCOC. The van der Waals surface area contributed by atoms with Crippen LogP contribution < -0.4 is 10.6 Å². The van der Waals surface area contributed by atoms with E-state index < -0.39 is 11.8 Å². The lowest BCUT2D eigenvalue weighted by Crippen LogP contribution is -2.46. The number of hydrogen-bond acceptors (Lipinski definition) is 4. The number of ether oxygens (including phenoxy) is 1. The molecular weight excluding hydrogens is 234 g/mol. The van der Waals surface area contributed by atoms with E-state index >= 15 is 0 Å². The molecule has 18 heavy (non-hydrogen) atoms. The first kappa shape index (κ1) is 14.9. The molecule has 1 heterocycles. The molecule has 1 fully saturated rings. The lowest BCUT2D eigenvalue weighted by molar-refractivity contribution is -0.139. The van der Waals surface area contributed by atoms with Crippen molar-refractivity contribution < 1.29 is 14.3 Å². The van der Waals surface area contributed by atoms with E-state index in [1.807, 2.05) is 0 Å². The van der Waals surface area contributed by atoms with E-state index in [9.17, 15) is 9.59 Å². The quantitative estimate of drug-likeness (QED) is 0.490. The second kappa shape index (κ2) is 8.05. The average Bonchev–Trinajstić information content (AvgIpc) is 2.83. The number of likely N-dealkylation sites (tertiary alicyclic amines) is 1. The summed E-state index contributed by atoms with van der Waals surface area (Å²) in [4.78, 5) is 25.2. The van der Waals surface area contributed by atoms with E-state index in [0.29, 0.717) is 25.7 Å². The van der Waals surface area contributed by atoms with Crippen molar-refractivity contribution in [3.05, 3.63) is 0 Å². The summed E-state index contributed by atoms with van der Waals surface area (Å²) in [7, 11) is 1.55. The van der Waals surface area contributed by atoms with Crippen molar-refractivity contribution in [2.24, 2.45) is 0 Å². The van der Waals surface area contributed by atoms with Crippen LogP contribution in [0.4, 0.5) is 0 Å². The number of carbonyl (C=O) groups is 2. The predicted octanol–water partition coefficient (Wildman–Crippen LogP) is -0.650. The topological polar surface area (TPSA) is 70.7 Å². The van der Waals surface area contributed by atoms with Gasteiger partial charge in [0.05, 0.1) is 6.61 Å². The zero-order valence-electron chi connectivity index (χ0n) is 11.2. The molecule has 1 rings (SSSR count). The molecule has 0 unspecified atom stereocenters. The van der Waals surface area contributed by atoms with Gasteiger partial charge in [0, 0.05) is 26.2 Å². The smallest absolute Gasteiger partial charge is 0.309 e. The molecule has 0 spiro atoms. The van der Waals surface area contributed by atoms with E-state index in [1.165, 1.54) is 0 Å². The van der Waals surface area contributed by atoms with Gasteiger partial charge in [0.2, 0.25) is 0 Å². The van der Waals surface area contributed by atoms with Gasteiger partial charge in [0.25, 0.3) is 0 Å². The Hall–Kier alpha value is -1.14. The number of methoxy groups -OCH3 is 1. The average molecular weight is 257 g/mol. The van der Waals surface area contributed by atoms with Gasteiger partial charge < -0.3 is 15.4 Å². The van der Waals surface area contributed by atoms with Crippen molar-refractivity contribution in [3.8, 4) is 0 Å². The van der Waals surface area contributed by atoms with Crippen molar-refractivity contribution in [2.75, 3.05) is 39.9 Å². The highest BCUT2D eigenvalue weighted by molar-refractivity contribution is 6.35. The Morgan fingerprint density at radius 3 is 2.72 bits per heavy atom. The molecule has 1 atom stereocenters. The largest absolute Gasteiger partial charge is 0.383 e. The Morgan fingerprint density at radius 2 is 2.06 bits per heavy atom. The van der Waals surface area contributed by atoms with E-state index in [1.54, 1.807) is 7.11 Å². The van der Waals surface area contributed by atoms with E-state index in [-0.39, 0.29) is 0 Å². The van der Waals surface area contributed by atoms with Crippen molar-refractivity contribution in [1.29, 1.82) is 0 Å². The van der Waals surface area contributed by atoms with E-state index in [2.05, 4.69) is 22.5 Å². The summed E-state index contributed by atoms with van der Waals surface area (Å²) in [5.41, 5.74) is 0. The molecule has 104 valence electrons. The van der Waals surface area contributed by atoms with Gasteiger partial charge in [-0.3, -0.25) is 14.5 Å². The number of amides is 2. The Morgan fingerprint density at radius 1 is 1.33 bits per heavy atom. The third kappa shape index (κ3) is 4.62. The summed E-state index contributed by atoms with van der Waals surface area (Å²) in [6.07, 6.45) is 2.24. The molecule has 0 saturated carbocycles. The summed E-state index contributed by atoms with van der Waals surface area (Å²) in [5, 5.41) is 5.18. The molecular formula is C12H23N3O3. The second-order valence-corrected chi connectivity index (χ2v) is 4.38. The normalized spacial score (nSPS) is 19.8. The van der Waals surface area contributed by atoms with Gasteiger partial charge in [0.15, 0.2) is 0 Å². The summed E-state index contributed by atoms with van der Waals surface area (Å²) in [5.74, 6) is -1.15. The molecule has 1 aliphatic rings. The lowest BCUT2D eigenvalue weighted by Gasteiger charge is -2.22. The number of rotatable bonds is 6. The Kier molecular flexibility index (Phi) is 6.67. The van der Waals surface area contributed by atoms with Crippen molar-refractivity contribution >= 4 is 11.8 Å². The van der Waals surface area contributed by atoms with Crippen LogP contribution in [0.5, 0.6) is 0 Å². The zero-order chi connectivity index (χ0) is 13.4. The van der Waals surface area contributed by atoms with Gasteiger partial charge in [-0.2, -0.15) is 0 Å². The zero-order valence-corrected chi connectivity index (χ0v) is 11.2. The Bertz CT molecular complexity index is 284. The molecule has 1 saturated heterocycles. The maximum atomic E-state index is 11.5. The fourth-order valence-electron chi connectivity index (χ4n) is 2.18. The van der Waals surface area contributed by atoms with Crippen molar-refractivity contribution in [2.45, 2.75) is 25.8 Å². The second-order valence-electron chi connectivity index (χ2n) is 4.38. The molecule has 0 aliphatic carbocycles. The summed E-state index contributed by atoms with van der Waals surface area (Å²) in [6, 6.07) is 0.366. The molecule has 2 amide bonds. The van der Waals surface area contributed by atoms with Gasteiger partial charge >= 0.3 is 11.8 Å². The van der Waals surface area contributed by atoms with E-state index in [4.69, 9.17) is 4.74 Å². The minimum atomic E-state index is -0.590. The first-order valence-electron chi connectivity index (χ1n) is 6.48. The van der Waals surface area contributed by atoms with Crippen LogP contribution in [0.1, 0.15) is 19.8 Å². The Balaban J connectivity index is 2.21. The monoisotopic (exact) mass is 257 g/mol. The van der Waals surface area contributed by atoms with Gasteiger partial charge in [-0.25, -0.2) is 0 Å². The molecule has 1 aliphatic heterocycles. The van der Waals surface area contributed by atoms with Crippen LogP contribution in [0.3, 0.4) is 0 Å². The first-order chi connectivity index (χ1) is 8.69. The number of carbonyl (C=O) groups excluding carboxylic acids is 2. The molecule has 0 radical (unpaired) electrons. The van der Waals surface area contributed by atoms with Crippen molar-refractivity contribution in [1.82, 2.24) is 15.5 Å². The van der Waals surface area contributed by atoms with E-state index in [0.717, 1.165) is 25.9 Å². The molecule has 0 aromatic carbocycles. The maximum Gasteiger partial charge on any atom is 0.309 e. The minimum absolute atomic E-state index is 0.354. The fraction of sp³-hybridized carbons (Fsp3) is 0.833. The molecule has 6 nitrogen and oxygen atoms in total. The summed E-state index contributed by atoms with van der Waals surface area (Å²) in [6.45, 7) is 5.48. The first-order valence-corrected chi connectivity index (χ1v) is 6.48. The van der Waals surface area contributed by atoms with Crippen LogP contribution in [0.2, 0.25) is 0 Å². The van der Waals surface area contributed by atoms with Gasteiger partial charge in [0.1, 0.15) is 0 Å². The summed E-state index contributed by atoms with van der Waals surface area (Å²) < 4.78 is 4.79. The van der Waals surface area contributed by atoms with Crippen molar-refractivity contribution in [3.63, 3.8) is 0 Å². The molecule has 6 heteroatoms. The van der Waals surface area contributed by atoms with Crippen LogP contribution in [0.15, 0.2) is 0 Å². The van der Waals surface area contributed by atoms with Crippen LogP contribution in [-0.2, 0) is 14.3 Å². The highest BCUT2D eigenvalue weighted by atomic mass is 16.5. The maximum absolute atomic E-state index is 11.5. The fourth-order valence-corrected chi connectivity index (χ4v) is 2.18. The van der Waals surface area contributed by atoms with Gasteiger partial charge in [-0.05, 0) is 25.9 Å². The van der Waals surface area contributed by atoms with Gasteiger partial charge in [-0.15, -0.1) is 0 Å². The van der Waals surface area contributed by atoms with Crippen LogP contribution in [0, 0.1) is 0 Å². The number of likely N-dealkylation sites (N-methyl/N-ethyl adjacent to an activating group) is 1. The third-order valence-corrected chi connectivity index (χ3v) is 3.20. The van der Waals surface area contributed by atoms with Crippen LogP contribution >= 0.6 is 0 Å². The molecule has 0 aromatic heterocycles. The molecule has 0 bridgehead atoms. The number of nitrogens with one attached hydrogen (secondary N) is 2. The third-order valence-electron chi connectivity index (χ3n) is 3.20. The minimum Gasteiger partial charge on any atom is -0.383 e. The lowest BCUT2D eigenvalue weighted by atomic mass is 10.2. The standard InChI is InChI=1S/C12H23N3O3/c1-3-15-7-4-5-10(15)9-14-12(17)11(16)13-6-8-18-2/h10H,3-9H2,1-2H3,(H,13,16)(H,14,17)/t10-/m0/s1. The highest BCUT2D eigenvalue weighted by Gasteiger charge is 2.24. The number of nitrogens with zero attached hydrogens (tertiary/aromatic N) is 1. The predicted molar refractivity (Wildman–Crippen MR) is 68.2 cm³/mol. The summed E-state index contributed by atoms with van der Waals surface area (Å²) >= 11 is 0. The van der Waals surface area contributed by atoms with Crippen LogP contribution in [0.25, 0.3) is 0 Å². The molecule has 2 N–H and O–H groups in total. The Labute approximate surface area is 108 Å². The number of hydrogen-bond donors (Lipinski definition) is 2. The van der Waals surface area contributed by atoms with Gasteiger partial charge in [-0.1, -0.05) is 6.92 Å².